The predicted octanol–water partition coefficient (Wildman–Crippen LogP) is 0.0640. The molecule has 8 heteroatoms. The summed E-state index contributed by atoms with van der Waals surface area (Å²) in [6.45, 7) is 0. The van der Waals surface area contributed by atoms with Gasteiger partial charge in [0, 0.05) is 12.8 Å². The third-order valence-electron chi connectivity index (χ3n) is 2.86. The van der Waals surface area contributed by atoms with Crippen LogP contribution in [0.4, 0.5) is 0 Å². The third kappa shape index (κ3) is 3.52. The van der Waals surface area contributed by atoms with Crippen LogP contribution in [0.1, 0.15) is 24.6 Å². The Labute approximate surface area is 104 Å². The van der Waals surface area contributed by atoms with Gasteiger partial charge in [-0.2, -0.15) is 4.98 Å². The number of aryl methyl sites for hydroxylation is 1. The van der Waals surface area contributed by atoms with Crippen molar-refractivity contribution >= 4 is 15.8 Å². The minimum absolute atomic E-state index is 0.0416. The number of sulfone groups is 1. The lowest BCUT2D eigenvalue weighted by Crippen LogP contribution is -2.08. The van der Waals surface area contributed by atoms with Crippen LogP contribution in [0.15, 0.2) is 4.52 Å². The standard InChI is InChI=1S/C10H14N2O5S/c13-10(14)2-1-9-11-8(12-17-9)5-7-3-4-18(15,16)6-7/h7H,1-6H2,(H,13,14). The molecule has 0 aliphatic carbocycles. The number of hydrogen-bond donors (Lipinski definition) is 1. The lowest BCUT2D eigenvalue weighted by Gasteiger charge is -2.01. The van der Waals surface area contributed by atoms with E-state index in [1.807, 2.05) is 0 Å². The Morgan fingerprint density at radius 1 is 1.50 bits per heavy atom. The fourth-order valence-corrected chi connectivity index (χ4v) is 3.84. The quantitative estimate of drug-likeness (QED) is 0.808. The second-order valence-electron chi connectivity index (χ2n) is 4.47. The van der Waals surface area contributed by atoms with Crippen molar-refractivity contribution in [1.29, 1.82) is 0 Å². The Kier molecular flexibility index (Phi) is 3.65. The number of nitrogens with zero attached hydrogens (tertiary/aromatic N) is 2. The summed E-state index contributed by atoms with van der Waals surface area (Å²) in [4.78, 5) is 14.4. The summed E-state index contributed by atoms with van der Waals surface area (Å²) in [5.74, 6) is 0.259. The molecule has 0 radical (unpaired) electrons. The maximum Gasteiger partial charge on any atom is 0.303 e. The maximum absolute atomic E-state index is 11.3. The van der Waals surface area contributed by atoms with Crippen molar-refractivity contribution in [1.82, 2.24) is 10.1 Å². The number of rotatable bonds is 5. The first-order chi connectivity index (χ1) is 8.44. The average Bonchev–Trinajstić information content (AvgIpc) is 2.83. The van der Waals surface area contributed by atoms with Gasteiger partial charge < -0.3 is 9.63 Å². The molecule has 1 atom stereocenters. The lowest BCUT2D eigenvalue weighted by atomic mass is 10.1. The van der Waals surface area contributed by atoms with Gasteiger partial charge in [0.25, 0.3) is 0 Å². The first-order valence-corrected chi connectivity index (χ1v) is 7.50. The molecule has 100 valence electrons. The first-order valence-electron chi connectivity index (χ1n) is 5.68. The Bertz CT molecular complexity index is 536. The summed E-state index contributed by atoms with van der Waals surface area (Å²) >= 11 is 0. The van der Waals surface area contributed by atoms with Crippen LogP contribution in [0.2, 0.25) is 0 Å². The van der Waals surface area contributed by atoms with E-state index in [-0.39, 0.29) is 36.2 Å². The van der Waals surface area contributed by atoms with Gasteiger partial charge in [0.1, 0.15) is 0 Å². The van der Waals surface area contributed by atoms with E-state index in [1.54, 1.807) is 0 Å². The molecule has 1 aromatic heterocycles. The molecule has 1 saturated heterocycles. The minimum Gasteiger partial charge on any atom is -0.481 e. The molecule has 18 heavy (non-hydrogen) atoms. The molecule has 0 aromatic carbocycles. The highest BCUT2D eigenvalue weighted by molar-refractivity contribution is 7.91. The van der Waals surface area contributed by atoms with E-state index in [0.717, 1.165) is 0 Å². The predicted molar refractivity (Wildman–Crippen MR) is 60.7 cm³/mol. The van der Waals surface area contributed by atoms with Gasteiger partial charge in [-0.3, -0.25) is 4.79 Å². The summed E-state index contributed by atoms with van der Waals surface area (Å²) in [6.07, 6.45) is 1.24. The molecule has 0 spiro atoms. The third-order valence-corrected chi connectivity index (χ3v) is 4.70. The molecule has 0 amide bonds. The van der Waals surface area contributed by atoms with Crippen LogP contribution in [0.25, 0.3) is 0 Å². The van der Waals surface area contributed by atoms with Crippen molar-refractivity contribution < 1.29 is 22.8 Å². The van der Waals surface area contributed by atoms with Crippen molar-refractivity contribution in [2.75, 3.05) is 11.5 Å². The smallest absolute Gasteiger partial charge is 0.303 e. The zero-order chi connectivity index (χ0) is 13.2. The molecular weight excluding hydrogens is 260 g/mol. The molecule has 1 N–H and O–H groups in total. The minimum atomic E-state index is -2.89. The molecule has 1 aliphatic rings. The van der Waals surface area contributed by atoms with E-state index in [4.69, 9.17) is 9.63 Å². The zero-order valence-corrected chi connectivity index (χ0v) is 10.5. The maximum atomic E-state index is 11.3. The number of aromatic nitrogens is 2. The Balaban J connectivity index is 1.89. The van der Waals surface area contributed by atoms with Crippen molar-refractivity contribution in [2.45, 2.75) is 25.7 Å². The SMILES string of the molecule is O=C(O)CCc1nc(CC2CCS(=O)(=O)C2)no1. The number of hydrogen-bond acceptors (Lipinski definition) is 6. The van der Waals surface area contributed by atoms with Gasteiger partial charge >= 0.3 is 5.97 Å². The normalized spacial score (nSPS) is 22.1. The highest BCUT2D eigenvalue weighted by Crippen LogP contribution is 2.21. The molecule has 2 rings (SSSR count). The van der Waals surface area contributed by atoms with Crippen LogP contribution in [0.5, 0.6) is 0 Å². The van der Waals surface area contributed by atoms with E-state index in [2.05, 4.69) is 10.1 Å². The molecule has 1 fully saturated rings. The van der Waals surface area contributed by atoms with Crippen LogP contribution in [-0.2, 0) is 27.5 Å². The number of carbonyl (C=O) groups is 1. The van der Waals surface area contributed by atoms with Crippen LogP contribution < -0.4 is 0 Å². The largest absolute Gasteiger partial charge is 0.481 e. The highest BCUT2D eigenvalue weighted by atomic mass is 32.2. The number of aliphatic carboxylic acids is 1. The summed E-state index contributed by atoms with van der Waals surface area (Å²) in [5.41, 5.74) is 0. The summed E-state index contributed by atoms with van der Waals surface area (Å²) < 4.78 is 27.5. The monoisotopic (exact) mass is 274 g/mol. The topological polar surface area (TPSA) is 110 Å². The Hall–Kier alpha value is -1.44. The van der Waals surface area contributed by atoms with E-state index in [9.17, 15) is 13.2 Å². The molecule has 1 unspecified atom stereocenters. The fraction of sp³-hybridized carbons (Fsp3) is 0.700. The van der Waals surface area contributed by atoms with E-state index in [0.29, 0.717) is 18.7 Å². The van der Waals surface area contributed by atoms with Gasteiger partial charge in [0.2, 0.25) is 5.89 Å². The lowest BCUT2D eigenvalue weighted by molar-refractivity contribution is -0.137. The van der Waals surface area contributed by atoms with E-state index < -0.39 is 15.8 Å². The summed E-state index contributed by atoms with van der Waals surface area (Å²) in [7, 11) is -2.89. The van der Waals surface area contributed by atoms with Crippen LogP contribution in [0, 0.1) is 5.92 Å². The molecule has 1 aliphatic heterocycles. The van der Waals surface area contributed by atoms with E-state index in [1.165, 1.54) is 0 Å². The Morgan fingerprint density at radius 3 is 2.89 bits per heavy atom. The van der Waals surface area contributed by atoms with Crippen LogP contribution >= 0.6 is 0 Å². The van der Waals surface area contributed by atoms with Crippen molar-refractivity contribution in [3.05, 3.63) is 11.7 Å². The fourth-order valence-electron chi connectivity index (χ4n) is 1.98. The van der Waals surface area contributed by atoms with Crippen LogP contribution in [0.3, 0.4) is 0 Å². The van der Waals surface area contributed by atoms with Gasteiger partial charge in [-0.05, 0) is 12.3 Å². The van der Waals surface area contributed by atoms with Gasteiger partial charge in [0.15, 0.2) is 15.7 Å². The van der Waals surface area contributed by atoms with Crippen molar-refractivity contribution in [3.8, 4) is 0 Å². The number of carboxylic acid groups (broad SMARTS) is 1. The van der Waals surface area contributed by atoms with Gasteiger partial charge in [-0.1, -0.05) is 5.16 Å². The molecule has 2 heterocycles. The molecule has 1 aromatic rings. The Morgan fingerprint density at radius 2 is 2.28 bits per heavy atom. The van der Waals surface area contributed by atoms with Crippen LogP contribution in [-0.4, -0.2) is 41.1 Å². The molecular formula is C10H14N2O5S. The average molecular weight is 274 g/mol. The van der Waals surface area contributed by atoms with Gasteiger partial charge in [-0.15, -0.1) is 0 Å². The first kappa shape index (κ1) is 13.0. The second kappa shape index (κ2) is 5.05. The molecule has 0 bridgehead atoms. The van der Waals surface area contributed by atoms with E-state index >= 15 is 0 Å². The molecule has 7 nitrogen and oxygen atoms in total. The van der Waals surface area contributed by atoms with Gasteiger partial charge in [0.05, 0.1) is 17.9 Å². The van der Waals surface area contributed by atoms with Crippen molar-refractivity contribution in [3.63, 3.8) is 0 Å². The molecule has 0 saturated carbocycles. The number of carboxylic acids is 1. The van der Waals surface area contributed by atoms with Crippen molar-refractivity contribution in [2.24, 2.45) is 5.92 Å². The highest BCUT2D eigenvalue weighted by Gasteiger charge is 2.29. The summed E-state index contributed by atoms with van der Waals surface area (Å²) in [5, 5.41) is 12.2. The van der Waals surface area contributed by atoms with Gasteiger partial charge in [-0.25, -0.2) is 8.42 Å². The zero-order valence-electron chi connectivity index (χ0n) is 9.70. The second-order valence-corrected chi connectivity index (χ2v) is 6.70. The summed E-state index contributed by atoms with van der Waals surface area (Å²) in [6, 6.07) is 0.